The Hall–Kier alpha value is -2.87. The monoisotopic (exact) mass is 298 g/mol. The van der Waals surface area contributed by atoms with E-state index in [1.165, 1.54) is 0 Å². The molecule has 0 spiro atoms. The molecule has 2 rings (SSSR count). The Bertz CT molecular complexity index is 695. The number of carbonyl (C=O) groups is 1. The number of hydrogen-bond donors (Lipinski definition) is 1. The number of rotatable bonds is 6. The third kappa shape index (κ3) is 3.83. The fourth-order valence-corrected chi connectivity index (χ4v) is 1.87. The Morgan fingerprint density at radius 2 is 1.82 bits per heavy atom. The van der Waals surface area contributed by atoms with Gasteiger partial charge in [-0.2, -0.15) is 5.26 Å². The molecule has 0 heterocycles. The van der Waals surface area contributed by atoms with E-state index in [0.717, 1.165) is 0 Å². The summed E-state index contributed by atoms with van der Waals surface area (Å²) in [5, 5.41) is 11.7. The number of para-hydroxylation sites is 2. The van der Waals surface area contributed by atoms with Crippen LogP contribution in [0.5, 0.6) is 11.5 Å². The van der Waals surface area contributed by atoms with Crippen molar-refractivity contribution in [3.8, 4) is 17.6 Å². The van der Waals surface area contributed by atoms with Gasteiger partial charge in [-0.3, -0.25) is 9.18 Å². The normalized spacial score (nSPS) is 9.82. The van der Waals surface area contributed by atoms with E-state index in [4.69, 9.17) is 10.00 Å². The maximum Gasteiger partial charge on any atom is 0.255 e. The predicted octanol–water partition coefficient (Wildman–Crippen LogP) is 3.44. The number of halogens is 1. The molecule has 0 saturated heterocycles. The molecule has 22 heavy (non-hydrogen) atoms. The van der Waals surface area contributed by atoms with Crippen molar-refractivity contribution in [3.05, 3.63) is 59.7 Å². The molecule has 0 aromatic heterocycles. The van der Waals surface area contributed by atoms with Crippen LogP contribution >= 0.6 is 0 Å². The van der Waals surface area contributed by atoms with Crippen LogP contribution in [-0.2, 0) is 0 Å². The fourth-order valence-electron chi connectivity index (χ4n) is 1.87. The average Bonchev–Trinajstić information content (AvgIpc) is 2.56. The van der Waals surface area contributed by atoms with Crippen LogP contribution in [0.25, 0.3) is 0 Å². The smallest absolute Gasteiger partial charge is 0.255 e. The minimum absolute atomic E-state index is 0.262. The highest BCUT2D eigenvalue weighted by molar-refractivity contribution is 5.97. The molecule has 112 valence electrons. The third-order valence-electron chi connectivity index (χ3n) is 2.96. The highest BCUT2D eigenvalue weighted by Gasteiger charge is 2.13. The van der Waals surface area contributed by atoms with E-state index in [9.17, 15) is 9.18 Å². The van der Waals surface area contributed by atoms with E-state index in [1.807, 2.05) is 6.07 Å². The van der Waals surface area contributed by atoms with Gasteiger partial charge < -0.3 is 10.1 Å². The summed E-state index contributed by atoms with van der Waals surface area (Å²) in [6.07, 6.45) is 0.270. The minimum atomic E-state index is -0.478. The highest BCUT2D eigenvalue weighted by Crippen LogP contribution is 2.27. The molecule has 0 unspecified atom stereocenters. The maximum atomic E-state index is 12.1. The molecule has 0 fully saturated rings. The first-order valence-corrected chi connectivity index (χ1v) is 6.86. The van der Waals surface area contributed by atoms with Crippen LogP contribution in [-0.4, -0.2) is 19.1 Å². The van der Waals surface area contributed by atoms with Crippen molar-refractivity contribution in [1.82, 2.24) is 5.32 Å². The van der Waals surface area contributed by atoms with Crippen LogP contribution in [0, 0.1) is 11.3 Å². The molecule has 4 nitrogen and oxygen atoms in total. The Balaban J connectivity index is 2.22. The first-order valence-electron chi connectivity index (χ1n) is 6.86. The SMILES string of the molecule is N#Cc1ccccc1Oc1ccccc1C(=O)NCCCF. The van der Waals surface area contributed by atoms with E-state index in [0.29, 0.717) is 22.6 Å². The number of nitriles is 1. The molecule has 0 saturated carbocycles. The van der Waals surface area contributed by atoms with Crippen LogP contribution in [0.1, 0.15) is 22.3 Å². The zero-order valence-corrected chi connectivity index (χ0v) is 11.9. The lowest BCUT2D eigenvalue weighted by Gasteiger charge is -2.12. The number of hydrogen-bond acceptors (Lipinski definition) is 3. The first-order chi connectivity index (χ1) is 10.8. The zero-order chi connectivity index (χ0) is 15.8. The van der Waals surface area contributed by atoms with Gasteiger partial charge in [0.2, 0.25) is 0 Å². The van der Waals surface area contributed by atoms with Gasteiger partial charge in [0.15, 0.2) is 0 Å². The van der Waals surface area contributed by atoms with Crippen molar-refractivity contribution in [2.24, 2.45) is 0 Å². The molecule has 0 radical (unpaired) electrons. The Kier molecular flexibility index (Phi) is 5.50. The van der Waals surface area contributed by atoms with Gasteiger partial charge in [-0.15, -0.1) is 0 Å². The van der Waals surface area contributed by atoms with E-state index >= 15 is 0 Å². The summed E-state index contributed by atoms with van der Waals surface area (Å²) in [5.74, 6) is 0.399. The number of carbonyl (C=O) groups excluding carboxylic acids is 1. The number of amides is 1. The minimum Gasteiger partial charge on any atom is -0.455 e. The van der Waals surface area contributed by atoms with E-state index in [-0.39, 0.29) is 18.9 Å². The second-order valence-corrected chi connectivity index (χ2v) is 4.50. The molecule has 0 bridgehead atoms. The summed E-state index contributed by atoms with van der Waals surface area (Å²) >= 11 is 0. The van der Waals surface area contributed by atoms with Gasteiger partial charge >= 0.3 is 0 Å². The fraction of sp³-hybridized carbons (Fsp3) is 0.176. The Morgan fingerprint density at radius 1 is 1.14 bits per heavy atom. The number of nitrogens with zero attached hydrogens (tertiary/aromatic N) is 1. The van der Waals surface area contributed by atoms with Crippen LogP contribution < -0.4 is 10.1 Å². The van der Waals surface area contributed by atoms with E-state index in [1.54, 1.807) is 48.5 Å². The molecule has 5 heteroatoms. The molecule has 1 amide bonds. The van der Waals surface area contributed by atoms with Crippen molar-refractivity contribution < 1.29 is 13.9 Å². The molecule has 2 aromatic rings. The standard InChI is InChI=1S/C17H15FN2O2/c18-10-5-11-20-17(21)14-7-2-4-9-16(14)22-15-8-3-1-6-13(15)12-19/h1-4,6-9H,5,10-11H2,(H,20,21). The van der Waals surface area contributed by atoms with E-state index < -0.39 is 6.67 Å². The quantitative estimate of drug-likeness (QED) is 0.831. The topological polar surface area (TPSA) is 62.1 Å². The molecule has 0 aliphatic heterocycles. The highest BCUT2D eigenvalue weighted by atomic mass is 19.1. The number of benzene rings is 2. The lowest BCUT2D eigenvalue weighted by Crippen LogP contribution is -2.25. The van der Waals surface area contributed by atoms with Crippen LogP contribution in [0.15, 0.2) is 48.5 Å². The molecule has 0 aliphatic carbocycles. The maximum absolute atomic E-state index is 12.1. The molecular weight excluding hydrogens is 283 g/mol. The average molecular weight is 298 g/mol. The summed E-state index contributed by atoms with van der Waals surface area (Å²) in [5.41, 5.74) is 0.726. The zero-order valence-electron chi connectivity index (χ0n) is 11.9. The Morgan fingerprint density at radius 3 is 2.55 bits per heavy atom. The number of nitrogens with one attached hydrogen (secondary N) is 1. The van der Waals surface area contributed by atoms with Crippen molar-refractivity contribution >= 4 is 5.91 Å². The van der Waals surface area contributed by atoms with Gasteiger partial charge in [0.1, 0.15) is 17.6 Å². The summed E-state index contributed by atoms with van der Waals surface area (Å²) in [6.45, 7) is -0.216. The molecular formula is C17H15FN2O2. The number of alkyl halides is 1. The lowest BCUT2D eigenvalue weighted by atomic mass is 10.1. The van der Waals surface area contributed by atoms with Gasteiger partial charge in [-0.05, 0) is 30.7 Å². The predicted molar refractivity (Wildman–Crippen MR) is 80.6 cm³/mol. The lowest BCUT2D eigenvalue weighted by molar-refractivity contribution is 0.0950. The van der Waals surface area contributed by atoms with Crippen LogP contribution in [0.4, 0.5) is 4.39 Å². The number of ether oxygens (including phenoxy) is 1. The molecule has 2 aromatic carbocycles. The summed E-state index contributed by atoms with van der Waals surface area (Å²) in [6, 6.07) is 15.6. The molecule has 0 aliphatic rings. The van der Waals surface area contributed by atoms with Crippen molar-refractivity contribution in [2.45, 2.75) is 6.42 Å². The van der Waals surface area contributed by atoms with Crippen LogP contribution in [0.2, 0.25) is 0 Å². The van der Waals surface area contributed by atoms with Crippen molar-refractivity contribution in [3.63, 3.8) is 0 Å². The van der Waals surface area contributed by atoms with Gasteiger partial charge in [0, 0.05) is 6.54 Å². The molecule has 0 atom stereocenters. The largest absolute Gasteiger partial charge is 0.455 e. The van der Waals surface area contributed by atoms with Gasteiger partial charge in [0.05, 0.1) is 17.8 Å². The van der Waals surface area contributed by atoms with Crippen LogP contribution in [0.3, 0.4) is 0 Å². The Labute approximate surface area is 128 Å². The van der Waals surface area contributed by atoms with Gasteiger partial charge in [-0.1, -0.05) is 24.3 Å². The van der Waals surface area contributed by atoms with Crippen molar-refractivity contribution in [1.29, 1.82) is 5.26 Å². The van der Waals surface area contributed by atoms with Gasteiger partial charge in [-0.25, -0.2) is 0 Å². The van der Waals surface area contributed by atoms with Crippen molar-refractivity contribution in [2.75, 3.05) is 13.2 Å². The van der Waals surface area contributed by atoms with Gasteiger partial charge in [0.25, 0.3) is 5.91 Å². The third-order valence-corrected chi connectivity index (χ3v) is 2.96. The summed E-state index contributed by atoms with van der Waals surface area (Å²) in [4.78, 5) is 12.1. The second kappa shape index (κ2) is 7.79. The second-order valence-electron chi connectivity index (χ2n) is 4.50. The molecule has 1 N–H and O–H groups in total. The van der Waals surface area contributed by atoms with E-state index in [2.05, 4.69) is 5.32 Å². The summed E-state index contributed by atoms with van der Waals surface area (Å²) < 4.78 is 17.8. The summed E-state index contributed by atoms with van der Waals surface area (Å²) in [7, 11) is 0. The first kappa shape index (κ1) is 15.5.